The first-order valence-corrected chi connectivity index (χ1v) is 3.77. The highest BCUT2D eigenvalue weighted by molar-refractivity contribution is 5.71. The van der Waals surface area contributed by atoms with E-state index in [-0.39, 0.29) is 5.76 Å². The molecule has 0 aliphatic heterocycles. The molecule has 0 radical (unpaired) electrons. The number of ether oxygens (including phenoxy) is 1. The predicted molar refractivity (Wildman–Crippen MR) is 49.3 cm³/mol. The number of carbonyl (C=O) groups is 1. The van der Waals surface area contributed by atoms with Crippen molar-refractivity contribution in [2.24, 2.45) is 0 Å². The summed E-state index contributed by atoms with van der Waals surface area (Å²) in [6.45, 7) is 5.39. The van der Waals surface area contributed by atoms with Crippen molar-refractivity contribution in [2.75, 3.05) is 0 Å². The number of benzene rings is 1. The summed E-state index contributed by atoms with van der Waals surface area (Å²) >= 11 is 0. The molecule has 0 atom stereocenters. The number of aryl methyl sites for hydroxylation is 1. The van der Waals surface area contributed by atoms with Crippen LogP contribution in [-0.2, 0) is 4.74 Å². The number of hydrogen-bond acceptors (Lipinski definition) is 2. The molecule has 68 valence electrons. The summed E-state index contributed by atoms with van der Waals surface area (Å²) in [5, 5.41) is 8.35. The Hall–Kier alpha value is -1.77. The highest BCUT2D eigenvalue weighted by Gasteiger charge is 2.06. The van der Waals surface area contributed by atoms with Crippen LogP contribution in [0.4, 0.5) is 4.79 Å². The minimum absolute atomic E-state index is 0.158. The SMILES string of the molecule is C=C(OC(=O)O)c1ccccc1C. The molecule has 0 amide bonds. The van der Waals surface area contributed by atoms with E-state index >= 15 is 0 Å². The van der Waals surface area contributed by atoms with Gasteiger partial charge in [0.05, 0.1) is 0 Å². The minimum Gasteiger partial charge on any atom is -0.449 e. The van der Waals surface area contributed by atoms with E-state index < -0.39 is 6.16 Å². The van der Waals surface area contributed by atoms with Crippen molar-refractivity contribution in [3.63, 3.8) is 0 Å². The fourth-order valence-corrected chi connectivity index (χ4v) is 1.05. The standard InChI is InChI=1S/C10H10O3/c1-7-5-3-4-6-9(7)8(2)13-10(11)12/h3-6H,2H2,1H3,(H,11,12). The van der Waals surface area contributed by atoms with E-state index in [1.54, 1.807) is 12.1 Å². The van der Waals surface area contributed by atoms with Crippen LogP contribution in [0.5, 0.6) is 0 Å². The zero-order valence-corrected chi connectivity index (χ0v) is 7.28. The molecule has 0 unspecified atom stereocenters. The normalized spacial score (nSPS) is 9.31. The summed E-state index contributed by atoms with van der Waals surface area (Å²) in [5.41, 5.74) is 1.65. The van der Waals surface area contributed by atoms with E-state index in [4.69, 9.17) is 5.11 Å². The van der Waals surface area contributed by atoms with Gasteiger partial charge in [0.1, 0.15) is 5.76 Å². The third kappa shape index (κ3) is 2.33. The van der Waals surface area contributed by atoms with Crippen molar-refractivity contribution in [1.82, 2.24) is 0 Å². The van der Waals surface area contributed by atoms with Gasteiger partial charge in [-0.3, -0.25) is 0 Å². The molecule has 0 aromatic heterocycles. The minimum atomic E-state index is -1.34. The van der Waals surface area contributed by atoms with Crippen LogP contribution in [0.3, 0.4) is 0 Å². The monoisotopic (exact) mass is 178 g/mol. The topological polar surface area (TPSA) is 46.5 Å². The highest BCUT2D eigenvalue weighted by Crippen LogP contribution is 2.17. The Balaban J connectivity index is 2.89. The molecule has 0 spiro atoms. The Morgan fingerprint density at radius 3 is 2.62 bits per heavy atom. The van der Waals surface area contributed by atoms with E-state index in [0.717, 1.165) is 5.56 Å². The van der Waals surface area contributed by atoms with Gasteiger partial charge in [-0.1, -0.05) is 30.8 Å². The predicted octanol–water partition coefficient (Wildman–Crippen LogP) is 2.66. The average molecular weight is 178 g/mol. The molecule has 0 saturated carbocycles. The van der Waals surface area contributed by atoms with Gasteiger partial charge in [-0.2, -0.15) is 0 Å². The molecule has 13 heavy (non-hydrogen) atoms. The lowest BCUT2D eigenvalue weighted by molar-refractivity contribution is 0.135. The van der Waals surface area contributed by atoms with Gasteiger partial charge in [0.25, 0.3) is 0 Å². The number of rotatable bonds is 2. The summed E-state index contributed by atoms with van der Waals surface area (Å²) in [5.74, 6) is 0.158. The van der Waals surface area contributed by atoms with Crippen LogP contribution in [-0.4, -0.2) is 11.3 Å². The lowest BCUT2D eigenvalue weighted by Gasteiger charge is -2.06. The Labute approximate surface area is 76.3 Å². The first kappa shape index (κ1) is 9.32. The molecule has 0 aliphatic carbocycles. The molecule has 3 nitrogen and oxygen atoms in total. The van der Waals surface area contributed by atoms with Crippen LogP contribution in [0.15, 0.2) is 30.8 Å². The van der Waals surface area contributed by atoms with Gasteiger partial charge in [0, 0.05) is 5.56 Å². The van der Waals surface area contributed by atoms with Crippen LogP contribution >= 0.6 is 0 Å². The summed E-state index contributed by atoms with van der Waals surface area (Å²) in [6.07, 6.45) is -1.34. The van der Waals surface area contributed by atoms with Crippen LogP contribution in [0, 0.1) is 6.92 Å². The molecule has 0 heterocycles. The molecule has 0 bridgehead atoms. The van der Waals surface area contributed by atoms with Gasteiger partial charge in [0.15, 0.2) is 0 Å². The molecular formula is C10H10O3. The van der Waals surface area contributed by atoms with E-state index in [2.05, 4.69) is 11.3 Å². The Bertz CT molecular complexity index is 342. The summed E-state index contributed by atoms with van der Waals surface area (Å²) in [7, 11) is 0. The van der Waals surface area contributed by atoms with Gasteiger partial charge in [-0.25, -0.2) is 4.79 Å². The van der Waals surface area contributed by atoms with E-state index in [0.29, 0.717) is 5.56 Å². The number of hydrogen-bond donors (Lipinski definition) is 1. The first-order valence-electron chi connectivity index (χ1n) is 3.77. The Morgan fingerprint density at radius 2 is 2.08 bits per heavy atom. The zero-order valence-electron chi connectivity index (χ0n) is 7.28. The summed E-state index contributed by atoms with van der Waals surface area (Å²) < 4.78 is 4.44. The van der Waals surface area contributed by atoms with Crippen molar-refractivity contribution in [1.29, 1.82) is 0 Å². The molecule has 0 saturated heterocycles. The molecular weight excluding hydrogens is 168 g/mol. The maximum atomic E-state index is 10.2. The number of carboxylic acid groups (broad SMARTS) is 1. The highest BCUT2D eigenvalue weighted by atomic mass is 16.7. The van der Waals surface area contributed by atoms with Gasteiger partial charge in [-0.05, 0) is 12.5 Å². The maximum Gasteiger partial charge on any atom is 0.511 e. The average Bonchev–Trinajstić information content (AvgIpc) is 2.03. The maximum absolute atomic E-state index is 10.2. The smallest absolute Gasteiger partial charge is 0.449 e. The zero-order chi connectivity index (χ0) is 9.84. The van der Waals surface area contributed by atoms with Gasteiger partial charge >= 0.3 is 6.16 Å². The Morgan fingerprint density at radius 1 is 1.46 bits per heavy atom. The summed E-state index contributed by atoms with van der Waals surface area (Å²) in [6, 6.07) is 7.30. The molecule has 1 aromatic rings. The Kier molecular flexibility index (Phi) is 2.69. The van der Waals surface area contributed by atoms with E-state index in [1.165, 1.54) is 0 Å². The fraction of sp³-hybridized carbons (Fsp3) is 0.100. The van der Waals surface area contributed by atoms with Crippen molar-refractivity contribution < 1.29 is 14.6 Å². The second-order valence-corrected chi connectivity index (χ2v) is 2.61. The van der Waals surface area contributed by atoms with Crippen molar-refractivity contribution in [3.05, 3.63) is 42.0 Å². The second kappa shape index (κ2) is 3.76. The molecule has 0 aliphatic rings. The van der Waals surface area contributed by atoms with E-state index in [9.17, 15) is 4.79 Å². The first-order chi connectivity index (χ1) is 6.11. The molecule has 1 rings (SSSR count). The second-order valence-electron chi connectivity index (χ2n) is 2.61. The molecule has 1 N–H and O–H groups in total. The van der Waals surface area contributed by atoms with Gasteiger partial charge < -0.3 is 9.84 Å². The molecule has 1 aromatic carbocycles. The van der Waals surface area contributed by atoms with Crippen LogP contribution in [0.1, 0.15) is 11.1 Å². The fourth-order valence-electron chi connectivity index (χ4n) is 1.05. The quantitative estimate of drug-likeness (QED) is 0.559. The van der Waals surface area contributed by atoms with Crippen molar-refractivity contribution in [3.8, 4) is 0 Å². The van der Waals surface area contributed by atoms with Crippen LogP contribution < -0.4 is 0 Å². The van der Waals surface area contributed by atoms with Gasteiger partial charge in [-0.15, -0.1) is 0 Å². The lowest BCUT2D eigenvalue weighted by atomic mass is 10.1. The van der Waals surface area contributed by atoms with Crippen LogP contribution in [0.2, 0.25) is 0 Å². The summed E-state index contributed by atoms with van der Waals surface area (Å²) in [4.78, 5) is 10.2. The molecule has 0 fully saturated rings. The largest absolute Gasteiger partial charge is 0.511 e. The van der Waals surface area contributed by atoms with Crippen molar-refractivity contribution >= 4 is 11.9 Å². The van der Waals surface area contributed by atoms with Crippen molar-refractivity contribution in [2.45, 2.75) is 6.92 Å². The lowest BCUT2D eigenvalue weighted by Crippen LogP contribution is -1.99. The van der Waals surface area contributed by atoms with Gasteiger partial charge in [0.2, 0.25) is 0 Å². The third-order valence-corrected chi connectivity index (χ3v) is 1.66. The van der Waals surface area contributed by atoms with E-state index in [1.807, 2.05) is 19.1 Å². The molecule has 3 heteroatoms. The van der Waals surface area contributed by atoms with Crippen LogP contribution in [0.25, 0.3) is 5.76 Å². The third-order valence-electron chi connectivity index (χ3n) is 1.66.